The molecule has 1 saturated heterocycles. The number of rotatable bonds is 2. The minimum absolute atomic E-state index is 0.341. The summed E-state index contributed by atoms with van der Waals surface area (Å²) < 4.78 is 27.1. The van der Waals surface area contributed by atoms with Crippen LogP contribution < -0.4 is 5.73 Å². The predicted molar refractivity (Wildman–Crippen MR) is 79.8 cm³/mol. The average Bonchev–Trinajstić information content (AvgIpc) is 2.94. The second-order valence-corrected chi connectivity index (χ2v) is 7.64. The SMILES string of the molecule is CC1CN(S(=O)(=O)c2c[nH]c3cc(N)ccc23)CC1C. The van der Waals surface area contributed by atoms with Crippen LogP contribution in [0.15, 0.2) is 29.3 Å². The smallest absolute Gasteiger partial charge is 0.245 e. The van der Waals surface area contributed by atoms with Crippen LogP contribution in [0.25, 0.3) is 10.9 Å². The summed E-state index contributed by atoms with van der Waals surface area (Å²) in [6, 6.07) is 5.24. The highest BCUT2D eigenvalue weighted by molar-refractivity contribution is 7.89. The Morgan fingerprint density at radius 1 is 1.25 bits per heavy atom. The van der Waals surface area contributed by atoms with Crippen LogP contribution in [0.3, 0.4) is 0 Å². The number of aromatic amines is 1. The molecule has 3 N–H and O–H groups in total. The van der Waals surface area contributed by atoms with Gasteiger partial charge in [-0.2, -0.15) is 4.31 Å². The zero-order valence-corrected chi connectivity index (χ0v) is 12.4. The summed E-state index contributed by atoms with van der Waals surface area (Å²) in [5.41, 5.74) is 7.09. The molecule has 6 heteroatoms. The molecule has 1 aliphatic rings. The van der Waals surface area contributed by atoms with E-state index in [1.807, 2.05) is 0 Å². The van der Waals surface area contributed by atoms with Gasteiger partial charge in [-0.15, -0.1) is 0 Å². The molecule has 0 bridgehead atoms. The van der Waals surface area contributed by atoms with Gasteiger partial charge in [-0.25, -0.2) is 8.42 Å². The fraction of sp³-hybridized carbons (Fsp3) is 0.429. The molecule has 2 aromatic rings. The molecule has 0 radical (unpaired) electrons. The summed E-state index contributed by atoms with van der Waals surface area (Å²) in [7, 11) is -3.44. The normalized spacial score (nSPS) is 24.5. The maximum absolute atomic E-state index is 12.8. The molecule has 1 fully saturated rings. The average molecular weight is 293 g/mol. The van der Waals surface area contributed by atoms with Crippen molar-refractivity contribution in [2.75, 3.05) is 18.8 Å². The number of hydrogen-bond donors (Lipinski definition) is 2. The van der Waals surface area contributed by atoms with E-state index in [2.05, 4.69) is 18.8 Å². The highest BCUT2D eigenvalue weighted by Crippen LogP contribution is 2.31. The number of nitrogens with zero attached hydrogens (tertiary/aromatic N) is 1. The molecular weight excluding hydrogens is 274 g/mol. The fourth-order valence-electron chi connectivity index (χ4n) is 2.74. The van der Waals surface area contributed by atoms with E-state index >= 15 is 0 Å². The van der Waals surface area contributed by atoms with E-state index in [1.54, 1.807) is 28.7 Å². The van der Waals surface area contributed by atoms with Gasteiger partial charge in [0.1, 0.15) is 4.90 Å². The van der Waals surface area contributed by atoms with E-state index in [-0.39, 0.29) is 0 Å². The van der Waals surface area contributed by atoms with E-state index in [0.29, 0.717) is 40.9 Å². The standard InChI is InChI=1S/C14H19N3O2S/c1-9-7-17(8-10(9)2)20(18,19)14-6-16-13-5-11(15)3-4-12(13)14/h3-6,9-10,16H,7-8,15H2,1-2H3. The molecule has 1 aromatic heterocycles. The number of hydrogen-bond acceptors (Lipinski definition) is 3. The molecule has 2 heterocycles. The van der Waals surface area contributed by atoms with Crippen molar-refractivity contribution in [2.24, 2.45) is 11.8 Å². The first-order valence-electron chi connectivity index (χ1n) is 6.76. The number of aromatic nitrogens is 1. The largest absolute Gasteiger partial charge is 0.399 e. The lowest BCUT2D eigenvalue weighted by Crippen LogP contribution is -2.28. The molecule has 0 spiro atoms. The number of benzene rings is 1. The topological polar surface area (TPSA) is 79.2 Å². The fourth-order valence-corrected chi connectivity index (χ4v) is 4.55. The predicted octanol–water partition coefficient (Wildman–Crippen LogP) is 2.03. The molecule has 2 unspecified atom stereocenters. The van der Waals surface area contributed by atoms with Crippen molar-refractivity contribution < 1.29 is 8.42 Å². The third-order valence-corrected chi connectivity index (χ3v) is 6.11. The number of sulfonamides is 1. The number of nitrogens with one attached hydrogen (secondary N) is 1. The molecule has 2 atom stereocenters. The Hall–Kier alpha value is -1.53. The van der Waals surface area contributed by atoms with Crippen molar-refractivity contribution in [2.45, 2.75) is 18.7 Å². The summed E-state index contributed by atoms with van der Waals surface area (Å²) in [6.45, 7) is 5.36. The van der Waals surface area contributed by atoms with E-state index in [0.717, 1.165) is 5.52 Å². The third kappa shape index (κ3) is 1.99. The molecule has 3 rings (SSSR count). The number of nitrogen functional groups attached to an aromatic ring is 1. The van der Waals surface area contributed by atoms with E-state index in [9.17, 15) is 8.42 Å². The van der Waals surface area contributed by atoms with E-state index in [4.69, 9.17) is 5.73 Å². The van der Waals surface area contributed by atoms with Crippen LogP contribution in [-0.2, 0) is 10.0 Å². The van der Waals surface area contributed by atoms with Gasteiger partial charge in [0.15, 0.2) is 0 Å². The Morgan fingerprint density at radius 3 is 2.55 bits per heavy atom. The number of anilines is 1. The van der Waals surface area contributed by atoms with Crippen molar-refractivity contribution >= 4 is 26.6 Å². The van der Waals surface area contributed by atoms with Crippen LogP contribution in [0.5, 0.6) is 0 Å². The molecule has 0 aliphatic carbocycles. The lowest BCUT2D eigenvalue weighted by Gasteiger charge is -2.15. The molecule has 5 nitrogen and oxygen atoms in total. The Morgan fingerprint density at radius 2 is 1.90 bits per heavy atom. The first-order valence-corrected chi connectivity index (χ1v) is 8.20. The minimum atomic E-state index is -3.44. The zero-order chi connectivity index (χ0) is 14.5. The third-order valence-electron chi connectivity index (χ3n) is 4.24. The van der Waals surface area contributed by atoms with Crippen LogP contribution in [0, 0.1) is 11.8 Å². The molecule has 1 aromatic carbocycles. The van der Waals surface area contributed by atoms with Crippen molar-refractivity contribution in [1.29, 1.82) is 0 Å². The van der Waals surface area contributed by atoms with Crippen molar-refractivity contribution in [3.63, 3.8) is 0 Å². The van der Waals surface area contributed by atoms with Gasteiger partial charge < -0.3 is 10.7 Å². The van der Waals surface area contributed by atoms with Gasteiger partial charge in [0.05, 0.1) is 0 Å². The summed E-state index contributed by atoms with van der Waals surface area (Å²) in [4.78, 5) is 3.34. The molecule has 20 heavy (non-hydrogen) atoms. The maximum atomic E-state index is 12.8. The Bertz CT molecular complexity index is 741. The van der Waals surface area contributed by atoms with Crippen LogP contribution >= 0.6 is 0 Å². The molecular formula is C14H19N3O2S. The summed E-state index contributed by atoms with van der Waals surface area (Å²) in [6.07, 6.45) is 1.56. The molecule has 1 aliphatic heterocycles. The Balaban J connectivity index is 2.06. The lowest BCUT2D eigenvalue weighted by molar-refractivity contribution is 0.464. The van der Waals surface area contributed by atoms with Gasteiger partial charge in [0.25, 0.3) is 0 Å². The van der Waals surface area contributed by atoms with Gasteiger partial charge in [-0.05, 0) is 30.0 Å². The summed E-state index contributed by atoms with van der Waals surface area (Å²) in [5.74, 6) is 0.788. The highest BCUT2D eigenvalue weighted by Gasteiger charge is 2.36. The second-order valence-electron chi connectivity index (χ2n) is 5.73. The first kappa shape index (κ1) is 13.5. The maximum Gasteiger partial charge on any atom is 0.245 e. The van der Waals surface area contributed by atoms with Gasteiger partial charge in [-0.3, -0.25) is 0 Å². The number of nitrogens with two attached hydrogens (primary N) is 1. The monoisotopic (exact) mass is 293 g/mol. The summed E-state index contributed by atoms with van der Waals surface area (Å²) >= 11 is 0. The zero-order valence-electron chi connectivity index (χ0n) is 11.6. The second kappa shape index (κ2) is 4.49. The molecule has 108 valence electrons. The number of H-pyrrole nitrogens is 1. The molecule has 0 amide bonds. The van der Waals surface area contributed by atoms with E-state index < -0.39 is 10.0 Å². The van der Waals surface area contributed by atoms with Crippen molar-refractivity contribution in [3.8, 4) is 0 Å². The van der Waals surface area contributed by atoms with Gasteiger partial charge in [0, 0.05) is 35.9 Å². The molecule has 0 saturated carbocycles. The van der Waals surface area contributed by atoms with Crippen molar-refractivity contribution in [3.05, 3.63) is 24.4 Å². The Kier molecular flexibility index (Phi) is 3.02. The minimum Gasteiger partial charge on any atom is -0.399 e. The quantitative estimate of drug-likeness (QED) is 0.831. The van der Waals surface area contributed by atoms with Gasteiger partial charge in [-0.1, -0.05) is 13.8 Å². The number of fused-ring (bicyclic) bond motifs is 1. The summed E-state index contributed by atoms with van der Waals surface area (Å²) in [5, 5.41) is 0.700. The van der Waals surface area contributed by atoms with Crippen LogP contribution in [0.2, 0.25) is 0 Å². The van der Waals surface area contributed by atoms with Crippen LogP contribution in [-0.4, -0.2) is 30.8 Å². The van der Waals surface area contributed by atoms with E-state index in [1.165, 1.54) is 0 Å². The van der Waals surface area contributed by atoms with Crippen LogP contribution in [0.4, 0.5) is 5.69 Å². The lowest BCUT2D eigenvalue weighted by atomic mass is 10.0. The van der Waals surface area contributed by atoms with Gasteiger partial charge >= 0.3 is 0 Å². The Labute approximate surface area is 118 Å². The van der Waals surface area contributed by atoms with Crippen molar-refractivity contribution in [1.82, 2.24) is 9.29 Å². The van der Waals surface area contributed by atoms with Crippen LogP contribution in [0.1, 0.15) is 13.8 Å². The first-order chi connectivity index (χ1) is 9.39. The van der Waals surface area contributed by atoms with Gasteiger partial charge in [0.2, 0.25) is 10.0 Å². The highest BCUT2D eigenvalue weighted by atomic mass is 32.2.